The maximum Gasteiger partial charge on any atom is 0.280 e. The predicted molar refractivity (Wildman–Crippen MR) is 119 cm³/mol. The molecule has 9 heteroatoms. The third-order valence-corrected chi connectivity index (χ3v) is 5.50. The van der Waals surface area contributed by atoms with E-state index in [4.69, 9.17) is 44.9 Å². The Labute approximate surface area is 185 Å². The molecule has 0 atom stereocenters. The highest BCUT2D eigenvalue weighted by Gasteiger charge is 2.33. The number of aryl methyl sites for hydroxylation is 1. The van der Waals surface area contributed by atoms with Gasteiger partial charge in [-0.15, -0.1) is 0 Å². The topological polar surface area (TPSA) is 54.0 Å². The van der Waals surface area contributed by atoms with E-state index in [0.717, 1.165) is 12.0 Å². The van der Waals surface area contributed by atoms with Gasteiger partial charge in [-0.3, -0.25) is 9.80 Å². The van der Waals surface area contributed by atoms with Gasteiger partial charge in [-0.25, -0.2) is 5.01 Å². The second-order valence-corrected chi connectivity index (χ2v) is 7.68. The zero-order valence-corrected chi connectivity index (χ0v) is 18.6. The van der Waals surface area contributed by atoms with E-state index in [-0.39, 0.29) is 17.2 Å². The molecule has 29 heavy (non-hydrogen) atoms. The lowest BCUT2D eigenvalue weighted by Crippen LogP contribution is -2.46. The molecular weight excluding hydrogens is 433 g/mol. The van der Waals surface area contributed by atoms with Gasteiger partial charge in [-0.1, -0.05) is 29.3 Å². The highest BCUT2D eigenvalue weighted by atomic mass is 35.5. The van der Waals surface area contributed by atoms with Crippen LogP contribution in [0.25, 0.3) is 0 Å². The molecule has 0 aromatic heterocycles. The minimum absolute atomic E-state index is 0.255. The number of hydrazine groups is 1. The van der Waals surface area contributed by atoms with E-state index in [1.807, 2.05) is 25.1 Å². The van der Waals surface area contributed by atoms with Gasteiger partial charge in [0, 0.05) is 13.1 Å². The minimum Gasteiger partial charge on any atom is -0.496 e. The SMILES string of the molecule is COc1ccc(Cl)c(OC)c1C(=O)N1CCCN1C(=S)Nc1ccc(C)cc1Cl. The second kappa shape index (κ2) is 9.07. The highest BCUT2D eigenvalue weighted by Crippen LogP contribution is 2.37. The Morgan fingerprint density at radius 2 is 1.79 bits per heavy atom. The summed E-state index contributed by atoms with van der Waals surface area (Å²) in [6, 6.07) is 8.91. The number of carbonyl (C=O) groups is 1. The van der Waals surface area contributed by atoms with Crippen LogP contribution in [0, 0.1) is 6.92 Å². The first-order chi connectivity index (χ1) is 13.9. The summed E-state index contributed by atoms with van der Waals surface area (Å²) < 4.78 is 10.7. The number of carbonyl (C=O) groups excluding carboxylic acids is 1. The molecule has 1 fully saturated rings. The average molecular weight is 454 g/mol. The van der Waals surface area contributed by atoms with Crippen molar-refractivity contribution in [2.24, 2.45) is 0 Å². The van der Waals surface area contributed by atoms with Crippen molar-refractivity contribution in [3.8, 4) is 11.5 Å². The van der Waals surface area contributed by atoms with Crippen molar-refractivity contribution in [1.82, 2.24) is 10.0 Å². The monoisotopic (exact) mass is 453 g/mol. The number of ether oxygens (including phenoxy) is 2. The van der Waals surface area contributed by atoms with E-state index in [2.05, 4.69) is 5.32 Å². The van der Waals surface area contributed by atoms with Crippen molar-refractivity contribution in [1.29, 1.82) is 0 Å². The number of hydrogen-bond acceptors (Lipinski definition) is 4. The summed E-state index contributed by atoms with van der Waals surface area (Å²) in [6.07, 6.45) is 0.764. The number of rotatable bonds is 4. The van der Waals surface area contributed by atoms with Gasteiger partial charge in [0.1, 0.15) is 11.3 Å². The van der Waals surface area contributed by atoms with Crippen molar-refractivity contribution >= 4 is 52.1 Å². The maximum atomic E-state index is 13.4. The van der Waals surface area contributed by atoms with Crippen molar-refractivity contribution in [3.63, 3.8) is 0 Å². The normalized spacial score (nSPS) is 13.4. The standard InChI is InChI=1S/C20H21Cl2N3O3S/c1-12-5-7-15(14(22)11-12)23-20(29)25-10-4-9-24(25)19(26)17-16(27-2)8-6-13(21)18(17)28-3/h5-8,11H,4,9-10H2,1-3H3,(H,23,29). The van der Waals surface area contributed by atoms with Gasteiger partial charge in [0.2, 0.25) is 0 Å². The van der Waals surface area contributed by atoms with Crippen molar-refractivity contribution in [3.05, 3.63) is 51.5 Å². The van der Waals surface area contributed by atoms with E-state index in [1.54, 1.807) is 22.2 Å². The molecule has 0 radical (unpaired) electrons. The van der Waals surface area contributed by atoms with Crippen molar-refractivity contribution < 1.29 is 14.3 Å². The fourth-order valence-electron chi connectivity index (χ4n) is 3.18. The Hall–Kier alpha value is -2.22. The lowest BCUT2D eigenvalue weighted by atomic mass is 10.1. The van der Waals surface area contributed by atoms with Gasteiger partial charge in [-0.2, -0.15) is 0 Å². The van der Waals surface area contributed by atoms with Gasteiger partial charge in [0.15, 0.2) is 10.9 Å². The summed E-state index contributed by atoms with van der Waals surface area (Å²) in [5.41, 5.74) is 1.98. The molecule has 1 N–H and O–H groups in total. The van der Waals surface area contributed by atoms with Crippen LogP contribution in [0.1, 0.15) is 22.3 Å². The fourth-order valence-corrected chi connectivity index (χ4v) is 3.99. The van der Waals surface area contributed by atoms with Crippen LogP contribution in [0.15, 0.2) is 30.3 Å². The smallest absolute Gasteiger partial charge is 0.280 e. The molecule has 0 aliphatic carbocycles. The van der Waals surface area contributed by atoms with Crippen LogP contribution in [-0.2, 0) is 0 Å². The largest absolute Gasteiger partial charge is 0.496 e. The number of thiocarbonyl (C=S) groups is 1. The molecule has 154 valence electrons. The molecule has 2 aromatic carbocycles. The second-order valence-electron chi connectivity index (χ2n) is 6.48. The highest BCUT2D eigenvalue weighted by molar-refractivity contribution is 7.80. The fraction of sp³-hybridized carbons (Fsp3) is 0.300. The molecule has 0 unspecified atom stereocenters. The summed E-state index contributed by atoms with van der Waals surface area (Å²) in [4.78, 5) is 13.4. The lowest BCUT2D eigenvalue weighted by molar-refractivity contribution is 0.0495. The van der Waals surface area contributed by atoms with Gasteiger partial charge in [0.25, 0.3) is 5.91 Å². The zero-order valence-electron chi connectivity index (χ0n) is 16.3. The molecular formula is C20H21Cl2N3O3S. The summed E-state index contributed by atoms with van der Waals surface area (Å²) in [5.74, 6) is 0.338. The molecule has 1 aliphatic rings. The van der Waals surface area contributed by atoms with Crippen LogP contribution < -0.4 is 14.8 Å². The number of halogens is 2. The number of amides is 1. The Bertz CT molecular complexity index is 955. The van der Waals surface area contributed by atoms with Crippen LogP contribution in [0.4, 0.5) is 5.69 Å². The van der Waals surface area contributed by atoms with Gasteiger partial charge in [-0.05, 0) is 55.4 Å². The molecule has 0 saturated carbocycles. The minimum atomic E-state index is -0.308. The van der Waals surface area contributed by atoms with Gasteiger partial charge >= 0.3 is 0 Å². The Kier molecular flexibility index (Phi) is 6.72. The first-order valence-corrected chi connectivity index (χ1v) is 10.1. The number of anilines is 1. The first kappa shape index (κ1) is 21.5. The maximum absolute atomic E-state index is 13.4. The molecule has 0 spiro atoms. The van der Waals surface area contributed by atoms with Gasteiger partial charge in [0.05, 0.1) is 30.0 Å². The van der Waals surface area contributed by atoms with E-state index >= 15 is 0 Å². The van der Waals surface area contributed by atoms with Crippen molar-refractivity contribution in [2.45, 2.75) is 13.3 Å². The third kappa shape index (κ3) is 4.37. The number of methoxy groups -OCH3 is 2. The summed E-state index contributed by atoms with van der Waals surface area (Å²) in [6.45, 7) is 3.05. The molecule has 1 heterocycles. The summed E-state index contributed by atoms with van der Waals surface area (Å²) in [5, 5.41) is 7.67. The third-order valence-electron chi connectivity index (χ3n) is 4.58. The first-order valence-electron chi connectivity index (χ1n) is 8.94. The van der Waals surface area contributed by atoms with Crippen LogP contribution >= 0.6 is 35.4 Å². The van der Waals surface area contributed by atoms with Crippen LogP contribution in [0.5, 0.6) is 11.5 Å². The van der Waals surface area contributed by atoms with Crippen LogP contribution in [0.3, 0.4) is 0 Å². The van der Waals surface area contributed by atoms with Crippen LogP contribution in [-0.4, -0.2) is 48.3 Å². The predicted octanol–water partition coefficient (Wildman–Crippen LogP) is 4.78. The quantitative estimate of drug-likeness (QED) is 0.672. The zero-order chi connectivity index (χ0) is 21.1. The van der Waals surface area contributed by atoms with E-state index in [0.29, 0.717) is 39.7 Å². The van der Waals surface area contributed by atoms with E-state index in [9.17, 15) is 4.79 Å². The summed E-state index contributed by atoms with van der Waals surface area (Å²) >= 11 is 18.1. The molecule has 1 saturated heterocycles. The molecule has 2 aromatic rings. The molecule has 6 nitrogen and oxygen atoms in total. The molecule has 0 bridgehead atoms. The molecule has 1 aliphatic heterocycles. The summed E-state index contributed by atoms with van der Waals surface area (Å²) in [7, 11) is 2.96. The van der Waals surface area contributed by atoms with Crippen molar-refractivity contribution in [2.75, 3.05) is 32.6 Å². The Morgan fingerprint density at radius 3 is 2.45 bits per heavy atom. The molecule has 1 amide bonds. The van der Waals surface area contributed by atoms with E-state index < -0.39 is 0 Å². The van der Waals surface area contributed by atoms with Gasteiger partial charge < -0.3 is 14.8 Å². The number of hydrogen-bond donors (Lipinski definition) is 1. The number of nitrogens with one attached hydrogen (secondary N) is 1. The van der Waals surface area contributed by atoms with E-state index in [1.165, 1.54) is 14.2 Å². The lowest BCUT2D eigenvalue weighted by Gasteiger charge is -2.31. The number of nitrogens with zero attached hydrogens (tertiary/aromatic N) is 2. The average Bonchev–Trinajstić information content (AvgIpc) is 3.19. The Morgan fingerprint density at radius 1 is 1.07 bits per heavy atom. The number of benzene rings is 2. The Balaban J connectivity index is 1.88. The van der Waals surface area contributed by atoms with Crippen LogP contribution in [0.2, 0.25) is 10.0 Å². The molecule has 3 rings (SSSR count).